The lowest BCUT2D eigenvalue weighted by atomic mass is 10.0. The van der Waals surface area contributed by atoms with Crippen molar-refractivity contribution in [3.05, 3.63) is 47.4 Å². The number of aromatic nitrogens is 3. The number of halogens is 3. The molecule has 1 aliphatic heterocycles. The smallest absolute Gasteiger partial charge is 0.435 e. The van der Waals surface area contributed by atoms with Gasteiger partial charge >= 0.3 is 12.3 Å². The van der Waals surface area contributed by atoms with Crippen LogP contribution in [0.25, 0.3) is 11.1 Å². The number of hydrogen-bond donors (Lipinski definition) is 2. The molecule has 42 heavy (non-hydrogen) atoms. The number of alkyl halides is 3. The highest BCUT2D eigenvalue weighted by Crippen LogP contribution is 2.36. The summed E-state index contributed by atoms with van der Waals surface area (Å²) in [6, 6.07) is 5.59. The minimum absolute atomic E-state index is 0.0406. The number of amides is 2. The highest BCUT2D eigenvalue weighted by Gasteiger charge is 2.37. The fraction of sp³-hybridized carbons (Fsp3) is 0.440. The third kappa shape index (κ3) is 7.08. The second kappa shape index (κ2) is 12.4. The first-order chi connectivity index (χ1) is 19.7. The molecule has 2 amide bonds. The molecule has 0 bridgehead atoms. The summed E-state index contributed by atoms with van der Waals surface area (Å²) in [4.78, 5) is 30.5. The van der Waals surface area contributed by atoms with Crippen LogP contribution in [0.5, 0.6) is 0 Å². The van der Waals surface area contributed by atoms with Gasteiger partial charge in [0.25, 0.3) is 15.9 Å². The van der Waals surface area contributed by atoms with Crippen LogP contribution in [0.4, 0.5) is 23.1 Å². The fourth-order valence-electron chi connectivity index (χ4n) is 4.56. The third-order valence-corrected chi connectivity index (χ3v) is 10.1. The molecule has 0 radical (unpaired) electrons. The van der Waals surface area contributed by atoms with Crippen LogP contribution in [0.1, 0.15) is 28.7 Å². The van der Waals surface area contributed by atoms with Crippen molar-refractivity contribution in [2.24, 2.45) is 7.05 Å². The number of hydrogen-bond acceptors (Lipinski definition) is 9. The van der Waals surface area contributed by atoms with E-state index in [1.54, 1.807) is 13.8 Å². The number of nitrogens with zero attached hydrogens (tertiary/aromatic N) is 5. The summed E-state index contributed by atoms with van der Waals surface area (Å²) in [5.41, 5.74) is -0.455. The van der Waals surface area contributed by atoms with Gasteiger partial charge in [0.2, 0.25) is 0 Å². The van der Waals surface area contributed by atoms with Crippen LogP contribution in [0, 0.1) is 6.92 Å². The van der Waals surface area contributed by atoms with E-state index in [1.807, 2.05) is 4.90 Å². The van der Waals surface area contributed by atoms with Crippen LogP contribution >= 0.6 is 11.3 Å². The standard InChI is InChI=1S/C25H30F3N7O5S2/c1-15(29-21(36)18-7-5-6-17(12-18)19-14-33(3)32-20(19)25(26,27)28)13-34-8-10-35(11-9-34)42(38,39)22-16(2)30-23(41-22)31-24(37)40-4/h5-7,12,14-15H,8-11,13H2,1-4H3,(H,29,36)(H,30,31,37)/t15-/m0/s1. The van der Waals surface area contributed by atoms with Crippen LogP contribution in [0.3, 0.4) is 0 Å². The van der Waals surface area contributed by atoms with Gasteiger partial charge in [0.05, 0.1) is 12.8 Å². The number of aryl methyl sites for hydroxylation is 2. The largest absolute Gasteiger partial charge is 0.453 e. The Balaban J connectivity index is 1.34. The van der Waals surface area contributed by atoms with Gasteiger partial charge in [0, 0.05) is 63.1 Å². The first-order valence-corrected chi connectivity index (χ1v) is 15.0. The van der Waals surface area contributed by atoms with Crippen molar-refractivity contribution in [1.82, 2.24) is 29.3 Å². The number of sulfonamides is 1. The van der Waals surface area contributed by atoms with Crippen molar-refractivity contribution in [2.45, 2.75) is 30.3 Å². The zero-order valence-electron chi connectivity index (χ0n) is 23.2. The number of thiazole rings is 1. The molecule has 17 heteroatoms. The molecule has 1 atom stereocenters. The summed E-state index contributed by atoms with van der Waals surface area (Å²) in [5, 5.41) is 8.88. The van der Waals surface area contributed by atoms with Gasteiger partial charge < -0.3 is 10.1 Å². The summed E-state index contributed by atoms with van der Waals surface area (Å²) in [5.74, 6) is -0.444. The molecule has 1 saturated heterocycles. The predicted molar refractivity (Wildman–Crippen MR) is 149 cm³/mol. The van der Waals surface area contributed by atoms with Crippen molar-refractivity contribution in [3.8, 4) is 11.1 Å². The molecule has 1 aliphatic rings. The van der Waals surface area contributed by atoms with Gasteiger partial charge in [-0.1, -0.05) is 23.5 Å². The van der Waals surface area contributed by atoms with E-state index in [0.717, 1.165) is 16.0 Å². The highest BCUT2D eigenvalue weighted by molar-refractivity contribution is 7.91. The lowest BCUT2D eigenvalue weighted by molar-refractivity contribution is -0.141. The van der Waals surface area contributed by atoms with E-state index in [0.29, 0.717) is 19.6 Å². The maximum Gasteiger partial charge on any atom is 0.435 e. The van der Waals surface area contributed by atoms with E-state index in [-0.39, 0.29) is 50.9 Å². The van der Waals surface area contributed by atoms with E-state index in [1.165, 1.54) is 48.9 Å². The molecule has 3 heterocycles. The quantitative estimate of drug-likeness (QED) is 0.388. The predicted octanol–water partition coefficient (Wildman–Crippen LogP) is 3.17. The summed E-state index contributed by atoms with van der Waals surface area (Å²) in [7, 11) is -1.25. The van der Waals surface area contributed by atoms with Crippen molar-refractivity contribution >= 4 is 38.5 Å². The number of ether oxygens (including phenoxy) is 1. The highest BCUT2D eigenvalue weighted by atomic mass is 32.2. The number of carbonyl (C=O) groups excluding carboxylic acids is 2. The van der Waals surface area contributed by atoms with Gasteiger partial charge in [0.1, 0.15) is 0 Å². The number of carbonyl (C=O) groups is 2. The van der Waals surface area contributed by atoms with Gasteiger partial charge in [-0.05, 0) is 31.5 Å². The van der Waals surface area contributed by atoms with Crippen molar-refractivity contribution in [3.63, 3.8) is 0 Å². The number of anilines is 1. The molecule has 1 fully saturated rings. The zero-order valence-corrected chi connectivity index (χ0v) is 24.9. The molecule has 2 N–H and O–H groups in total. The summed E-state index contributed by atoms with van der Waals surface area (Å²) >= 11 is 0.848. The Hall–Kier alpha value is -3.54. The fourth-order valence-corrected chi connectivity index (χ4v) is 7.52. The molecule has 0 saturated carbocycles. The van der Waals surface area contributed by atoms with Crippen LogP contribution in [0.15, 0.2) is 34.7 Å². The van der Waals surface area contributed by atoms with E-state index in [2.05, 4.69) is 25.5 Å². The van der Waals surface area contributed by atoms with E-state index in [4.69, 9.17) is 0 Å². The molecule has 4 rings (SSSR count). The molecular weight excluding hydrogens is 599 g/mol. The average Bonchev–Trinajstić information content (AvgIpc) is 3.51. The average molecular weight is 630 g/mol. The number of rotatable bonds is 8. The summed E-state index contributed by atoms with van der Waals surface area (Å²) < 4.78 is 73.7. The molecular formula is C25H30F3N7O5S2. The summed E-state index contributed by atoms with van der Waals surface area (Å²) in [6.45, 7) is 5.05. The van der Waals surface area contributed by atoms with Gasteiger partial charge in [-0.25, -0.2) is 18.2 Å². The van der Waals surface area contributed by atoms with Crippen molar-refractivity contribution in [2.75, 3.05) is 45.2 Å². The minimum Gasteiger partial charge on any atom is -0.453 e. The number of nitrogens with one attached hydrogen (secondary N) is 2. The van der Waals surface area contributed by atoms with E-state index in [9.17, 15) is 31.2 Å². The second-order valence-electron chi connectivity index (χ2n) is 9.73. The molecule has 1 aromatic carbocycles. The van der Waals surface area contributed by atoms with Crippen LogP contribution in [-0.4, -0.2) is 90.3 Å². The Labute approximate surface area is 244 Å². The van der Waals surface area contributed by atoms with E-state index >= 15 is 0 Å². The zero-order chi connectivity index (χ0) is 30.8. The molecule has 228 valence electrons. The van der Waals surface area contributed by atoms with Gasteiger partial charge in [-0.2, -0.15) is 22.6 Å². The Kier molecular flexibility index (Phi) is 9.24. The lowest BCUT2D eigenvalue weighted by Crippen LogP contribution is -2.52. The second-order valence-corrected chi connectivity index (χ2v) is 12.9. The maximum absolute atomic E-state index is 13.4. The van der Waals surface area contributed by atoms with Gasteiger partial charge in [0.15, 0.2) is 15.0 Å². The van der Waals surface area contributed by atoms with Crippen LogP contribution in [-0.2, 0) is 28.0 Å². The lowest BCUT2D eigenvalue weighted by Gasteiger charge is -2.35. The number of piperazine rings is 1. The number of benzene rings is 1. The molecule has 0 spiro atoms. The minimum atomic E-state index is -4.64. The molecule has 0 unspecified atom stereocenters. The molecule has 12 nitrogen and oxygen atoms in total. The number of methoxy groups -OCH3 is 1. The summed E-state index contributed by atoms with van der Waals surface area (Å²) in [6.07, 6.45) is -4.13. The third-order valence-electron chi connectivity index (χ3n) is 6.50. The first-order valence-electron chi connectivity index (χ1n) is 12.8. The van der Waals surface area contributed by atoms with Crippen molar-refractivity contribution in [1.29, 1.82) is 0 Å². The van der Waals surface area contributed by atoms with E-state index < -0.39 is 33.9 Å². The Morgan fingerprint density at radius 1 is 1.19 bits per heavy atom. The van der Waals surface area contributed by atoms with Gasteiger partial charge in [-0.3, -0.25) is 19.7 Å². The topological polar surface area (TPSA) is 139 Å². The monoisotopic (exact) mass is 629 g/mol. The normalized spacial score (nSPS) is 15.8. The Morgan fingerprint density at radius 3 is 2.52 bits per heavy atom. The van der Waals surface area contributed by atoms with Crippen LogP contribution < -0.4 is 10.6 Å². The maximum atomic E-state index is 13.4. The Bertz CT molecular complexity index is 1560. The van der Waals surface area contributed by atoms with Gasteiger partial charge in [-0.15, -0.1) is 0 Å². The SMILES string of the molecule is COC(=O)Nc1nc(C)c(S(=O)(=O)N2CCN(C[C@H](C)NC(=O)c3cccc(-c4cn(C)nc4C(F)(F)F)c3)CC2)s1. The van der Waals surface area contributed by atoms with Crippen LogP contribution in [0.2, 0.25) is 0 Å². The van der Waals surface area contributed by atoms with Crippen molar-refractivity contribution < 1.29 is 35.9 Å². The Morgan fingerprint density at radius 2 is 1.88 bits per heavy atom. The molecule has 2 aromatic heterocycles. The first kappa shape index (κ1) is 31.4. The molecule has 0 aliphatic carbocycles. The molecule has 3 aromatic rings.